The third kappa shape index (κ3) is 3.95. The summed E-state index contributed by atoms with van der Waals surface area (Å²) in [6.45, 7) is 5.55. The van der Waals surface area contributed by atoms with Gasteiger partial charge in [-0.2, -0.15) is 13.2 Å². The van der Waals surface area contributed by atoms with Crippen molar-refractivity contribution in [2.45, 2.75) is 32.9 Å². The van der Waals surface area contributed by atoms with Gasteiger partial charge in [-0.3, -0.25) is 0 Å². The maximum absolute atomic E-state index is 12.6. The Bertz CT molecular complexity index is 347. The largest absolute Gasteiger partial charge is 0.416 e. The van der Waals surface area contributed by atoms with Crippen LogP contribution in [0.3, 0.4) is 0 Å². The molecule has 0 aliphatic rings. The van der Waals surface area contributed by atoms with E-state index in [2.05, 4.69) is 6.92 Å². The Labute approximate surface area is 100 Å². The molecule has 4 heteroatoms. The summed E-state index contributed by atoms with van der Waals surface area (Å²) in [5, 5.41) is 0. The van der Waals surface area contributed by atoms with Crippen LogP contribution in [0.5, 0.6) is 0 Å². The SMILES string of the molecule is CCCCN(CC)c1cccc(C(F)(F)F)c1. The third-order valence-corrected chi connectivity index (χ3v) is 2.70. The van der Waals surface area contributed by atoms with Crippen LogP contribution in [0, 0.1) is 0 Å². The highest BCUT2D eigenvalue weighted by atomic mass is 19.4. The van der Waals surface area contributed by atoms with E-state index in [0.717, 1.165) is 32.0 Å². The lowest BCUT2D eigenvalue weighted by Gasteiger charge is -2.23. The van der Waals surface area contributed by atoms with Crippen molar-refractivity contribution >= 4 is 5.69 Å². The highest BCUT2D eigenvalue weighted by Gasteiger charge is 2.30. The molecule has 1 nitrogen and oxygen atoms in total. The van der Waals surface area contributed by atoms with Crippen LogP contribution in [0.25, 0.3) is 0 Å². The molecule has 0 N–H and O–H groups in total. The standard InChI is InChI=1S/C13H18F3N/c1-3-5-9-17(4-2)12-8-6-7-11(10-12)13(14,15)16/h6-8,10H,3-5,9H2,1-2H3. The first-order valence-electron chi connectivity index (χ1n) is 5.91. The van der Waals surface area contributed by atoms with Gasteiger partial charge in [-0.1, -0.05) is 19.4 Å². The molecule has 0 unspecified atom stereocenters. The fourth-order valence-electron chi connectivity index (χ4n) is 1.70. The van der Waals surface area contributed by atoms with Crippen molar-refractivity contribution in [1.82, 2.24) is 0 Å². The molecular formula is C13H18F3N. The molecule has 0 aliphatic heterocycles. The monoisotopic (exact) mass is 245 g/mol. The minimum Gasteiger partial charge on any atom is -0.372 e. The molecule has 0 amide bonds. The van der Waals surface area contributed by atoms with E-state index < -0.39 is 11.7 Å². The van der Waals surface area contributed by atoms with Crippen LogP contribution in [0.15, 0.2) is 24.3 Å². The van der Waals surface area contributed by atoms with Crippen molar-refractivity contribution in [1.29, 1.82) is 0 Å². The van der Waals surface area contributed by atoms with E-state index in [1.807, 2.05) is 11.8 Å². The molecule has 0 saturated heterocycles. The summed E-state index contributed by atoms with van der Waals surface area (Å²) in [5.41, 5.74) is 0.0701. The van der Waals surface area contributed by atoms with Crippen molar-refractivity contribution in [2.75, 3.05) is 18.0 Å². The first-order valence-corrected chi connectivity index (χ1v) is 5.91. The summed E-state index contributed by atoms with van der Waals surface area (Å²) in [7, 11) is 0. The Balaban J connectivity index is 2.89. The smallest absolute Gasteiger partial charge is 0.372 e. The topological polar surface area (TPSA) is 3.24 Å². The van der Waals surface area contributed by atoms with E-state index >= 15 is 0 Å². The van der Waals surface area contributed by atoms with E-state index in [4.69, 9.17) is 0 Å². The molecule has 0 aromatic heterocycles. The van der Waals surface area contributed by atoms with Gasteiger partial charge >= 0.3 is 6.18 Å². The molecular weight excluding hydrogens is 227 g/mol. The normalized spacial score (nSPS) is 11.6. The number of nitrogens with zero attached hydrogens (tertiary/aromatic N) is 1. The highest BCUT2D eigenvalue weighted by Crippen LogP contribution is 2.31. The number of benzene rings is 1. The molecule has 0 fully saturated rings. The van der Waals surface area contributed by atoms with Crippen LogP contribution in [0.1, 0.15) is 32.3 Å². The summed E-state index contributed by atoms with van der Waals surface area (Å²) < 4.78 is 37.7. The van der Waals surface area contributed by atoms with Crippen LogP contribution in [-0.4, -0.2) is 13.1 Å². The fraction of sp³-hybridized carbons (Fsp3) is 0.538. The van der Waals surface area contributed by atoms with Gasteiger partial charge in [0.1, 0.15) is 0 Å². The number of unbranched alkanes of at least 4 members (excludes halogenated alkanes) is 1. The van der Waals surface area contributed by atoms with Crippen molar-refractivity contribution in [2.24, 2.45) is 0 Å². The zero-order chi connectivity index (χ0) is 12.9. The second-order valence-electron chi connectivity index (χ2n) is 3.98. The van der Waals surface area contributed by atoms with Crippen LogP contribution >= 0.6 is 0 Å². The van der Waals surface area contributed by atoms with Gasteiger partial charge in [-0.15, -0.1) is 0 Å². The Morgan fingerprint density at radius 2 is 1.88 bits per heavy atom. The number of halogens is 3. The van der Waals surface area contributed by atoms with Crippen LogP contribution in [-0.2, 0) is 6.18 Å². The van der Waals surface area contributed by atoms with Gasteiger partial charge in [-0.05, 0) is 31.5 Å². The molecule has 0 bridgehead atoms. The first kappa shape index (κ1) is 13.9. The molecule has 96 valence electrons. The molecule has 0 spiro atoms. The van der Waals surface area contributed by atoms with Crippen LogP contribution in [0.2, 0.25) is 0 Å². The van der Waals surface area contributed by atoms with Gasteiger partial charge < -0.3 is 4.90 Å². The molecule has 0 atom stereocenters. The van der Waals surface area contributed by atoms with E-state index in [0.29, 0.717) is 5.69 Å². The van der Waals surface area contributed by atoms with Crippen LogP contribution in [0.4, 0.5) is 18.9 Å². The first-order chi connectivity index (χ1) is 7.99. The van der Waals surface area contributed by atoms with E-state index in [1.54, 1.807) is 6.07 Å². The highest BCUT2D eigenvalue weighted by molar-refractivity contribution is 5.49. The average Bonchev–Trinajstić information content (AvgIpc) is 2.29. The minimum absolute atomic E-state index is 0.579. The predicted molar refractivity (Wildman–Crippen MR) is 64.2 cm³/mol. The van der Waals surface area contributed by atoms with Crippen LogP contribution < -0.4 is 4.90 Å². The summed E-state index contributed by atoms with van der Waals surface area (Å²) in [6.07, 6.45) is -2.24. The van der Waals surface area contributed by atoms with Gasteiger partial charge in [0, 0.05) is 18.8 Å². The lowest BCUT2D eigenvalue weighted by Crippen LogP contribution is -2.24. The number of alkyl halides is 3. The number of hydrogen-bond acceptors (Lipinski definition) is 1. The lowest BCUT2D eigenvalue weighted by molar-refractivity contribution is -0.137. The second kappa shape index (κ2) is 5.94. The summed E-state index contributed by atoms with van der Waals surface area (Å²) >= 11 is 0. The van der Waals surface area contributed by atoms with Crippen molar-refractivity contribution in [3.63, 3.8) is 0 Å². The molecule has 0 aliphatic carbocycles. The minimum atomic E-state index is -4.26. The number of rotatable bonds is 5. The molecule has 17 heavy (non-hydrogen) atoms. The number of hydrogen-bond donors (Lipinski definition) is 0. The maximum atomic E-state index is 12.6. The van der Waals surface area contributed by atoms with E-state index in [-0.39, 0.29) is 0 Å². The van der Waals surface area contributed by atoms with Gasteiger partial charge in [0.25, 0.3) is 0 Å². The average molecular weight is 245 g/mol. The quantitative estimate of drug-likeness (QED) is 0.746. The summed E-state index contributed by atoms with van der Waals surface area (Å²) in [4.78, 5) is 1.97. The molecule has 1 aromatic carbocycles. The zero-order valence-electron chi connectivity index (χ0n) is 10.2. The van der Waals surface area contributed by atoms with Crippen molar-refractivity contribution in [3.8, 4) is 0 Å². The Morgan fingerprint density at radius 1 is 1.18 bits per heavy atom. The predicted octanol–water partition coefficient (Wildman–Crippen LogP) is 4.33. The lowest BCUT2D eigenvalue weighted by atomic mass is 10.1. The molecule has 1 aromatic rings. The van der Waals surface area contributed by atoms with E-state index in [1.165, 1.54) is 12.1 Å². The Morgan fingerprint density at radius 3 is 2.41 bits per heavy atom. The van der Waals surface area contributed by atoms with Crippen molar-refractivity contribution in [3.05, 3.63) is 29.8 Å². The second-order valence-corrected chi connectivity index (χ2v) is 3.98. The Kier molecular flexibility index (Phi) is 4.85. The molecule has 0 saturated carbocycles. The summed E-state index contributed by atoms with van der Waals surface area (Å²) in [6, 6.07) is 5.53. The van der Waals surface area contributed by atoms with E-state index in [9.17, 15) is 13.2 Å². The maximum Gasteiger partial charge on any atom is 0.416 e. The van der Waals surface area contributed by atoms with Gasteiger partial charge in [0.2, 0.25) is 0 Å². The van der Waals surface area contributed by atoms with Gasteiger partial charge in [-0.25, -0.2) is 0 Å². The Hall–Kier alpha value is -1.19. The van der Waals surface area contributed by atoms with Gasteiger partial charge in [0.05, 0.1) is 5.56 Å². The van der Waals surface area contributed by atoms with Crippen molar-refractivity contribution < 1.29 is 13.2 Å². The summed E-state index contributed by atoms with van der Waals surface area (Å²) in [5.74, 6) is 0. The fourth-order valence-corrected chi connectivity index (χ4v) is 1.70. The van der Waals surface area contributed by atoms with Gasteiger partial charge in [0.15, 0.2) is 0 Å². The zero-order valence-corrected chi connectivity index (χ0v) is 10.2. The third-order valence-electron chi connectivity index (χ3n) is 2.70. The molecule has 0 heterocycles. The number of anilines is 1. The molecule has 1 rings (SSSR count). The molecule has 0 radical (unpaired) electrons.